The second-order valence-corrected chi connectivity index (χ2v) is 3.59. The van der Waals surface area contributed by atoms with Gasteiger partial charge < -0.3 is 16.2 Å². The highest BCUT2D eigenvalue weighted by atomic mass is 16.3. The summed E-state index contributed by atoms with van der Waals surface area (Å²) >= 11 is 0. The standard InChI is InChI=1S/C8H18N2O2/c1-8(2,9)6-10-7(12)4-3-5-11/h11H,3-6,9H2,1-2H3,(H,10,12). The van der Waals surface area contributed by atoms with Crippen LogP contribution in [0.3, 0.4) is 0 Å². The summed E-state index contributed by atoms with van der Waals surface area (Å²) < 4.78 is 0. The number of carbonyl (C=O) groups is 1. The Morgan fingerprint density at radius 3 is 2.58 bits per heavy atom. The number of nitrogens with two attached hydrogens (primary N) is 1. The monoisotopic (exact) mass is 174 g/mol. The molecule has 0 saturated carbocycles. The zero-order valence-electron chi connectivity index (χ0n) is 7.76. The molecule has 0 aromatic carbocycles. The predicted octanol–water partition coefficient (Wildman–Crippen LogP) is -0.388. The summed E-state index contributed by atoms with van der Waals surface area (Å²) in [5, 5.41) is 11.1. The molecule has 0 rings (SSSR count). The molecule has 4 heteroatoms. The summed E-state index contributed by atoms with van der Waals surface area (Å²) in [4.78, 5) is 11.0. The van der Waals surface area contributed by atoms with Crippen LogP contribution in [0.4, 0.5) is 0 Å². The van der Waals surface area contributed by atoms with Crippen LogP contribution >= 0.6 is 0 Å². The molecule has 0 atom stereocenters. The molecule has 0 aliphatic heterocycles. The smallest absolute Gasteiger partial charge is 0.220 e. The van der Waals surface area contributed by atoms with E-state index in [9.17, 15) is 4.79 Å². The maximum absolute atomic E-state index is 11.0. The fourth-order valence-electron chi connectivity index (χ4n) is 0.654. The second kappa shape index (κ2) is 5.11. The summed E-state index contributed by atoms with van der Waals surface area (Å²) in [7, 11) is 0. The zero-order valence-corrected chi connectivity index (χ0v) is 7.76. The molecule has 0 bridgehead atoms. The van der Waals surface area contributed by atoms with Crippen LogP contribution in [-0.4, -0.2) is 29.7 Å². The third-order valence-corrected chi connectivity index (χ3v) is 1.30. The van der Waals surface area contributed by atoms with E-state index in [1.54, 1.807) is 0 Å². The van der Waals surface area contributed by atoms with E-state index in [2.05, 4.69) is 5.32 Å². The Morgan fingerprint density at radius 1 is 1.58 bits per heavy atom. The largest absolute Gasteiger partial charge is 0.396 e. The highest BCUT2D eigenvalue weighted by Gasteiger charge is 2.11. The van der Waals surface area contributed by atoms with Crippen molar-refractivity contribution < 1.29 is 9.90 Å². The van der Waals surface area contributed by atoms with Crippen molar-refractivity contribution in [3.8, 4) is 0 Å². The predicted molar refractivity (Wildman–Crippen MR) is 47.6 cm³/mol. The Labute approximate surface area is 73.1 Å². The van der Waals surface area contributed by atoms with Crippen molar-refractivity contribution in [1.29, 1.82) is 0 Å². The van der Waals surface area contributed by atoms with Crippen LogP contribution in [-0.2, 0) is 4.79 Å². The number of carbonyl (C=O) groups excluding carboxylic acids is 1. The van der Waals surface area contributed by atoms with E-state index in [0.29, 0.717) is 19.4 Å². The van der Waals surface area contributed by atoms with Crippen LogP contribution in [0.25, 0.3) is 0 Å². The Morgan fingerprint density at radius 2 is 2.17 bits per heavy atom. The third-order valence-electron chi connectivity index (χ3n) is 1.30. The van der Waals surface area contributed by atoms with Crippen molar-refractivity contribution in [2.45, 2.75) is 32.2 Å². The van der Waals surface area contributed by atoms with Gasteiger partial charge in [0.25, 0.3) is 0 Å². The topological polar surface area (TPSA) is 75.3 Å². The second-order valence-electron chi connectivity index (χ2n) is 3.59. The van der Waals surface area contributed by atoms with Crippen molar-refractivity contribution in [2.24, 2.45) is 5.73 Å². The Bertz CT molecular complexity index is 140. The molecule has 0 aliphatic carbocycles. The molecule has 0 aromatic rings. The van der Waals surface area contributed by atoms with Gasteiger partial charge in [-0.1, -0.05) is 0 Å². The molecule has 4 N–H and O–H groups in total. The van der Waals surface area contributed by atoms with Gasteiger partial charge in [0.2, 0.25) is 5.91 Å². The fraction of sp³-hybridized carbons (Fsp3) is 0.875. The first kappa shape index (κ1) is 11.4. The number of aliphatic hydroxyl groups is 1. The number of aliphatic hydroxyl groups excluding tert-OH is 1. The minimum absolute atomic E-state index is 0.0532. The molecule has 0 heterocycles. The van der Waals surface area contributed by atoms with Crippen LogP contribution in [0.1, 0.15) is 26.7 Å². The summed E-state index contributed by atoms with van der Waals surface area (Å²) in [6.07, 6.45) is 0.878. The lowest BCUT2D eigenvalue weighted by Crippen LogP contribution is -2.45. The highest BCUT2D eigenvalue weighted by molar-refractivity contribution is 5.75. The van der Waals surface area contributed by atoms with Crippen LogP contribution in [0.2, 0.25) is 0 Å². The van der Waals surface area contributed by atoms with Gasteiger partial charge in [0, 0.05) is 25.1 Å². The van der Waals surface area contributed by atoms with E-state index >= 15 is 0 Å². The van der Waals surface area contributed by atoms with E-state index in [1.807, 2.05) is 13.8 Å². The average molecular weight is 174 g/mol. The van der Waals surface area contributed by atoms with Crippen molar-refractivity contribution in [1.82, 2.24) is 5.32 Å². The van der Waals surface area contributed by atoms with Gasteiger partial charge in [0.05, 0.1) is 0 Å². The lowest BCUT2D eigenvalue weighted by Gasteiger charge is -2.18. The number of hydrogen-bond acceptors (Lipinski definition) is 3. The number of hydrogen-bond donors (Lipinski definition) is 3. The molecule has 72 valence electrons. The SMILES string of the molecule is CC(C)(N)CNC(=O)CCCO. The minimum atomic E-state index is -0.366. The fourth-order valence-corrected chi connectivity index (χ4v) is 0.654. The molecule has 0 aliphatic rings. The molecule has 0 unspecified atom stereocenters. The van der Waals surface area contributed by atoms with Gasteiger partial charge in [-0.15, -0.1) is 0 Å². The summed E-state index contributed by atoms with van der Waals surface area (Å²) in [5.41, 5.74) is 5.28. The van der Waals surface area contributed by atoms with Gasteiger partial charge in [-0.25, -0.2) is 0 Å². The first-order valence-electron chi connectivity index (χ1n) is 4.12. The summed E-state index contributed by atoms with van der Waals surface area (Å²) in [6.45, 7) is 4.22. The van der Waals surface area contributed by atoms with E-state index in [1.165, 1.54) is 0 Å². The molecule has 0 saturated heterocycles. The lowest BCUT2D eigenvalue weighted by molar-refractivity contribution is -0.121. The molecule has 0 radical (unpaired) electrons. The van der Waals surface area contributed by atoms with E-state index < -0.39 is 0 Å². The van der Waals surface area contributed by atoms with E-state index in [-0.39, 0.29) is 18.1 Å². The molecule has 4 nitrogen and oxygen atoms in total. The molecule has 12 heavy (non-hydrogen) atoms. The summed E-state index contributed by atoms with van der Waals surface area (Å²) in [6, 6.07) is 0. The molecule has 0 aromatic heterocycles. The van der Waals surface area contributed by atoms with Gasteiger partial charge in [-0.3, -0.25) is 4.79 Å². The molecule has 0 fully saturated rings. The van der Waals surface area contributed by atoms with Gasteiger partial charge in [-0.05, 0) is 20.3 Å². The van der Waals surface area contributed by atoms with Gasteiger partial charge in [0.15, 0.2) is 0 Å². The number of nitrogens with one attached hydrogen (secondary N) is 1. The third kappa shape index (κ3) is 7.50. The summed E-state index contributed by atoms with van der Waals surface area (Å²) in [5.74, 6) is -0.0532. The quantitative estimate of drug-likeness (QED) is 0.531. The maximum Gasteiger partial charge on any atom is 0.220 e. The molecular weight excluding hydrogens is 156 g/mol. The highest BCUT2D eigenvalue weighted by Crippen LogP contribution is 1.94. The first-order valence-corrected chi connectivity index (χ1v) is 4.12. The van der Waals surface area contributed by atoms with E-state index in [4.69, 9.17) is 10.8 Å². The molecular formula is C8H18N2O2. The van der Waals surface area contributed by atoms with Crippen molar-refractivity contribution in [3.63, 3.8) is 0 Å². The van der Waals surface area contributed by atoms with Crippen LogP contribution < -0.4 is 11.1 Å². The zero-order chi connectivity index (χ0) is 9.61. The average Bonchev–Trinajstić information content (AvgIpc) is 1.95. The Balaban J connectivity index is 3.44. The Hall–Kier alpha value is -0.610. The lowest BCUT2D eigenvalue weighted by atomic mass is 10.1. The molecule has 0 spiro atoms. The van der Waals surface area contributed by atoms with Gasteiger partial charge in [0.1, 0.15) is 0 Å². The molecule has 1 amide bonds. The minimum Gasteiger partial charge on any atom is -0.396 e. The van der Waals surface area contributed by atoms with Crippen molar-refractivity contribution >= 4 is 5.91 Å². The van der Waals surface area contributed by atoms with Crippen molar-refractivity contribution in [2.75, 3.05) is 13.2 Å². The van der Waals surface area contributed by atoms with E-state index in [0.717, 1.165) is 0 Å². The Kier molecular flexibility index (Phi) is 4.85. The van der Waals surface area contributed by atoms with Crippen LogP contribution in [0.15, 0.2) is 0 Å². The van der Waals surface area contributed by atoms with Gasteiger partial charge >= 0.3 is 0 Å². The number of rotatable bonds is 5. The normalized spacial score (nSPS) is 11.3. The first-order chi connectivity index (χ1) is 5.45. The van der Waals surface area contributed by atoms with Gasteiger partial charge in [-0.2, -0.15) is 0 Å². The maximum atomic E-state index is 11.0. The van der Waals surface area contributed by atoms with Crippen LogP contribution in [0.5, 0.6) is 0 Å². The van der Waals surface area contributed by atoms with Crippen LogP contribution in [0, 0.1) is 0 Å². The number of amides is 1. The van der Waals surface area contributed by atoms with Crippen molar-refractivity contribution in [3.05, 3.63) is 0 Å².